The molecule has 6 heteroatoms. The first-order chi connectivity index (χ1) is 10.2. The van der Waals surface area contributed by atoms with Gasteiger partial charge in [-0.25, -0.2) is 0 Å². The minimum Gasteiger partial charge on any atom is -0.379 e. The third-order valence-electron chi connectivity index (χ3n) is 3.40. The summed E-state index contributed by atoms with van der Waals surface area (Å²) in [5.74, 6) is 1.18. The summed E-state index contributed by atoms with van der Waals surface area (Å²) in [4.78, 5) is 12.0. The standard InChI is InChI=1S/C15H20ClNO3S/c1-19-14-8-20-7-6-13(14)17-15(18)10-21-9-11-4-2-3-5-12(11)16/h2-5,13-14H,6-10H2,1H3,(H,17,18). The number of carbonyl (C=O) groups excluding carboxylic acids is 1. The average molecular weight is 330 g/mol. The summed E-state index contributed by atoms with van der Waals surface area (Å²) in [6.07, 6.45) is 0.732. The van der Waals surface area contributed by atoms with Gasteiger partial charge in [-0.05, 0) is 18.1 Å². The van der Waals surface area contributed by atoms with Crippen LogP contribution in [0.3, 0.4) is 0 Å². The normalized spacial score (nSPS) is 22.0. The number of hydrogen-bond donors (Lipinski definition) is 1. The monoisotopic (exact) mass is 329 g/mol. The molecule has 4 nitrogen and oxygen atoms in total. The lowest BCUT2D eigenvalue weighted by molar-refractivity contribution is -0.122. The zero-order valence-electron chi connectivity index (χ0n) is 12.0. The topological polar surface area (TPSA) is 47.6 Å². The van der Waals surface area contributed by atoms with Crippen molar-refractivity contribution in [2.75, 3.05) is 26.1 Å². The van der Waals surface area contributed by atoms with Crippen molar-refractivity contribution in [1.29, 1.82) is 0 Å². The fourth-order valence-corrected chi connectivity index (χ4v) is 3.35. The van der Waals surface area contributed by atoms with Gasteiger partial charge in [-0.2, -0.15) is 0 Å². The lowest BCUT2D eigenvalue weighted by Crippen LogP contribution is -2.50. The maximum absolute atomic E-state index is 12.0. The summed E-state index contributed by atoms with van der Waals surface area (Å²) in [6.45, 7) is 1.20. The molecule has 1 aromatic carbocycles. The molecule has 1 aliphatic heterocycles. The number of halogens is 1. The SMILES string of the molecule is COC1COCCC1NC(=O)CSCc1ccccc1Cl. The van der Waals surface area contributed by atoms with Crippen LogP contribution >= 0.6 is 23.4 Å². The highest BCUT2D eigenvalue weighted by molar-refractivity contribution is 7.99. The smallest absolute Gasteiger partial charge is 0.230 e. The zero-order chi connectivity index (χ0) is 15.1. The predicted octanol–water partition coefficient (Wildman–Crippen LogP) is 2.49. The molecule has 0 saturated carbocycles. The van der Waals surface area contributed by atoms with Crippen molar-refractivity contribution in [3.63, 3.8) is 0 Å². The van der Waals surface area contributed by atoms with Gasteiger partial charge in [0.25, 0.3) is 0 Å². The first-order valence-corrected chi connectivity index (χ1v) is 8.45. The highest BCUT2D eigenvalue weighted by atomic mass is 35.5. The van der Waals surface area contributed by atoms with Crippen LogP contribution in [0.15, 0.2) is 24.3 Å². The molecule has 2 atom stereocenters. The van der Waals surface area contributed by atoms with Gasteiger partial charge in [0.15, 0.2) is 0 Å². The number of benzene rings is 1. The van der Waals surface area contributed by atoms with E-state index in [1.165, 1.54) is 0 Å². The fraction of sp³-hybridized carbons (Fsp3) is 0.533. The van der Waals surface area contributed by atoms with E-state index in [1.54, 1.807) is 18.9 Å². The first-order valence-electron chi connectivity index (χ1n) is 6.91. The summed E-state index contributed by atoms with van der Waals surface area (Å²) >= 11 is 7.65. The number of nitrogens with one attached hydrogen (secondary N) is 1. The molecule has 1 aliphatic rings. The Bertz CT molecular complexity index is 472. The first kappa shape index (κ1) is 16.6. The minimum atomic E-state index is -0.0590. The van der Waals surface area contributed by atoms with Gasteiger partial charge in [0.1, 0.15) is 6.10 Å². The van der Waals surface area contributed by atoms with Crippen LogP contribution in [0, 0.1) is 0 Å². The van der Waals surface area contributed by atoms with Gasteiger partial charge in [0.2, 0.25) is 5.91 Å². The summed E-state index contributed by atoms with van der Waals surface area (Å²) in [5.41, 5.74) is 1.05. The van der Waals surface area contributed by atoms with Crippen molar-refractivity contribution >= 4 is 29.3 Å². The van der Waals surface area contributed by atoms with Gasteiger partial charge in [0.05, 0.1) is 18.4 Å². The van der Waals surface area contributed by atoms with Gasteiger partial charge in [-0.15, -0.1) is 11.8 Å². The third kappa shape index (κ3) is 5.18. The molecule has 0 aromatic heterocycles. The van der Waals surface area contributed by atoms with Crippen LogP contribution in [0.5, 0.6) is 0 Å². The van der Waals surface area contributed by atoms with Crippen LogP contribution in [0.1, 0.15) is 12.0 Å². The summed E-state index contributed by atoms with van der Waals surface area (Å²) in [5, 5.41) is 3.77. The van der Waals surface area contributed by atoms with E-state index >= 15 is 0 Å². The van der Waals surface area contributed by atoms with Crippen LogP contribution < -0.4 is 5.32 Å². The number of ether oxygens (including phenoxy) is 2. The largest absolute Gasteiger partial charge is 0.379 e. The van der Waals surface area contributed by atoms with E-state index in [9.17, 15) is 4.79 Å². The Morgan fingerprint density at radius 2 is 2.33 bits per heavy atom. The summed E-state index contributed by atoms with van der Waals surface area (Å²) in [6, 6.07) is 7.74. The molecule has 1 saturated heterocycles. The number of methoxy groups -OCH3 is 1. The van der Waals surface area contributed by atoms with E-state index in [0.29, 0.717) is 19.0 Å². The molecule has 0 aliphatic carbocycles. The number of thioether (sulfide) groups is 1. The van der Waals surface area contributed by atoms with Crippen LogP contribution in [0.25, 0.3) is 0 Å². The van der Waals surface area contributed by atoms with Crippen molar-refractivity contribution in [2.45, 2.75) is 24.3 Å². The average Bonchev–Trinajstić information content (AvgIpc) is 2.50. The molecule has 2 rings (SSSR count). The van der Waals surface area contributed by atoms with Gasteiger partial charge in [-0.3, -0.25) is 4.79 Å². The van der Waals surface area contributed by atoms with Crippen molar-refractivity contribution in [3.8, 4) is 0 Å². The van der Waals surface area contributed by atoms with Gasteiger partial charge in [-0.1, -0.05) is 29.8 Å². The molecular formula is C15H20ClNO3S. The van der Waals surface area contributed by atoms with E-state index in [0.717, 1.165) is 22.8 Å². The van der Waals surface area contributed by atoms with Crippen molar-refractivity contribution in [2.24, 2.45) is 0 Å². The van der Waals surface area contributed by atoms with Gasteiger partial charge >= 0.3 is 0 Å². The lowest BCUT2D eigenvalue weighted by atomic mass is 10.1. The Balaban J connectivity index is 1.73. The van der Waals surface area contributed by atoms with Crippen molar-refractivity contribution < 1.29 is 14.3 Å². The highest BCUT2D eigenvalue weighted by Crippen LogP contribution is 2.20. The fourth-order valence-electron chi connectivity index (χ4n) is 2.23. The van der Waals surface area contributed by atoms with E-state index in [4.69, 9.17) is 21.1 Å². The molecule has 1 heterocycles. The van der Waals surface area contributed by atoms with E-state index in [-0.39, 0.29) is 18.1 Å². The molecule has 1 aromatic rings. The third-order valence-corrected chi connectivity index (χ3v) is 4.75. The molecule has 116 valence electrons. The van der Waals surface area contributed by atoms with Crippen LogP contribution in [-0.4, -0.2) is 44.1 Å². The lowest BCUT2D eigenvalue weighted by Gasteiger charge is -2.30. The molecule has 1 amide bonds. The maximum atomic E-state index is 12.0. The number of hydrogen-bond acceptors (Lipinski definition) is 4. The Kier molecular flexibility index (Phi) is 6.83. The van der Waals surface area contributed by atoms with E-state index < -0.39 is 0 Å². The van der Waals surface area contributed by atoms with Crippen LogP contribution in [-0.2, 0) is 20.0 Å². The van der Waals surface area contributed by atoms with Crippen LogP contribution in [0.4, 0.5) is 0 Å². The Labute approximate surface area is 134 Å². The zero-order valence-corrected chi connectivity index (χ0v) is 13.6. The van der Waals surface area contributed by atoms with Gasteiger partial charge < -0.3 is 14.8 Å². The van der Waals surface area contributed by atoms with Crippen molar-refractivity contribution in [1.82, 2.24) is 5.32 Å². The molecule has 0 spiro atoms. The molecular weight excluding hydrogens is 310 g/mol. The minimum absolute atomic E-state index is 0.0287. The predicted molar refractivity (Wildman–Crippen MR) is 85.8 cm³/mol. The maximum Gasteiger partial charge on any atom is 0.230 e. The molecule has 0 radical (unpaired) electrons. The number of rotatable bonds is 6. The van der Waals surface area contributed by atoms with Gasteiger partial charge in [0, 0.05) is 24.5 Å². The molecule has 0 bridgehead atoms. The molecule has 1 N–H and O–H groups in total. The summed E-state index contributed by atoms with van der Waals surface area (Å²) in [7, 11) is 1.64. The number of carbonyl (C=O) groups is 1. The van der Waals surface area contributed by atoms with E-state index in [1.807, 2.05) is 24.3 Å². The second-order valence-electron chi connectivity index (χ2n) is 4.90. The van der Waals surface area contributed by atoms with Crippen LogP contribution in [0.2, 0.25) is 5.02 Å². The Morgan fingerprint density at radius 3 is 3.10 bits per heavy atom. The second kappa shape index (κ2) is 8.63. The Morgan fingerprint density at radius 1 is 1.52 bits per heavy atom. The quantitative estimate of drug-likeness (QED) is 0.871. The highest BCUT2D eigenvalue weighted by Gasteiger charge is 2.26. The van der Waals surface area contributed by atoms with E-state index in [2.05, 4.69) is 5.32 Å². The second-order valence-corrected chi connectivity index (χ2v) is 6.29. The number of amides is 1. The molecule has 2 unspecified atom stereocenters. The molecule has 1 fully saturated rings. The Hall–Kier alpha value is -0.750. The summed E-state index contributed by atoms with van der Waals surface area (Å²) < 4.78 is 10.7. The molecule has 21 heavy (non-hydrogen) atoms. The van der Waals surface area contributed by atoms with Crippen molar-refractivity contribution in [3.05, 3.63) is 34.9 Å².